The van der Waals surface area contributed by atoms with Crippen LogP contribution in [0.3, 0.4) is 0 Å². The van der Waals surface area contributed by atoms with Gasteiger partial charge in [-0.25, -0.2) is 5.43 Å². The largest absolute Gasteiger partial charge is 0.496 e. The summed E-state index contributed by atoms with van der Waals surface area (Å²) >= 11 is 11.6. The third-order valence-electron chi connectivity index (χ3n) is 7.38. The van der Waals surface area contributed by atoms with Crippen molar-refractivity contribution in [2.75, 3.05) is 45.3 Å². The predicted octanol–water partition coefficient (Wildman–Crippen LogP) is 5.07. The number of amides is 1. The molecule has 1 aliphatic carbocycles. The van der Waals surface area contributed by atoms with E-state index < -0.39 is 0 Å². The minimum absolute atomic E-state index is 0.00346. The van der Waals surface area contributed by atoms with Gasteiger partial charge < -0.3 is 14.4 Å². The molecule has 1 amide bonds. The lowest BCUT2D eigenvalue weighted by Crippen LogP contribution is -2.46. The van der Waals surface area contributed by atoms with Gasteiger partial charge in [0.15, 0.2) is 0 Å². The summed E-state index contributed by atoms with van der Waals surface area (Å²) in [6, 6.07) is 14.1. The van der Waals surface area contributed by atoms with E-state index in [1.165, 1.54) is 0 Å². The molecule has 1 saturated heterocycles. The van der Waals surface area contributed by atoms with Crippen LogP contribution in [-0.4, -0.2) is 57.4 Å². The molecule has 0 aromatic heterocycles. The van der Waals surface area contributed by atoms with Crippen molar-refractivity contribution in [1.29, 1.82) is 0 Å². The van der Waals surface area contributed by atoms with Crippen molar-refractivity contribution in [2.45, 2.75) is 20.4 Å². The number of hydrogen-bond donors (Lipinski definition) is 1. The van der Waals surface area contributed by atoms with E-state index in [0.717, 1.165) is 61.0 Å². The van der Waals surface area contributed by atoms with E-state index in [1.54, 1.807) is 26.5 Å². The smallest absolute Gasteiger partial charge is 0.244 e. The van der Waals surface area contributed by atoms with Crippen molar-refractivity contribution in [2.24, 2.45) is 22.4 Å². The average molecular weight is 546 g/mol. The molecule has 0 radical (unpaired) electrons. The van der Waals surface area contributed by atoms with E-state index in [-0.39, 0.29) is 27.6 Å². The van der Waals surface area contributed by atoms with Gasteiger partial charge >= 0.3 is 0 Å². The number of allylic oxidation sites excluding steroid dienone is 1. The zero-order chi connectivity index (χ0) is 26.6. The fourth-order valence-electron chi connectivity index (χ4n) is 5.15. The maximum atomic E-state index is 12.6. The summed E-state index contributed by atoms with van der Waals surface area (Å²) in [7, 11) is 3.39. The monoisotopic (exact) mass is 544 g/mol. The number of carbonyl (C=O) groups excluding carboxylic acids is 1. The number of halogens is 2. The van der Waals surface area contributed by atoms with Gasteiger partial charge in [-0.15, -0.1) is 0 Å². The Morgan fingerprint density at radius 3 is 2.46 bits per heavy atom. The summed E-state index contributed by atoms with van der Waals surface area (Å²) in [5, 5.41) is 4.20. The van der Waals surface area contributed by atoms with Gasteiger partial charge in [0.05, 0.1) is 32.0 Å². The van der Waals surface area contributed by atoms with Gasteiger partial charge in [-0.1, -0.05) is 49.2 Å². The topological polar surface area (TPSA) is 66.4 Å². The normalized spacial score (nSPS) is 21.0. The molecule has 37 heavy (non-hydrogen) atoms. The Morgan fingerprint density at radius 2 is 1.78 bits per heavy atom. The first kappa shape index (κ1) is 27.3. The maximum Gasteiger partial charge on any atom is 0.244 e. The van der Waals surface area contributed by atoms with E-state index in [2.05, 4.69) is 32.5 Å². The van der Waals surface area contributed by atoms with E-state index in [0.29, 0.717) is 0 Å². The molecule has 0 spiro atoms. The first-order valence-corrected chi connectivity index (χ1v) is 13.1. The van der Waals surface area contributed by atoms with Crippen LogP contribution in [0, 0.1) is 17.3 Å². The minimum Gasteiger partial charge on any atom is -0.496 e. The van der Waals surface area contributed by atoms with E-state index in [4.69, 9.17) is 32.7 Å². The lowest BCUT2D eigenvalue weighted by atomic mass is 10.1. The zero-order valence-corrected chi connectivity index (χ0v) is 23.2. The number of nitrogens with one attached hydrogen (secondary N) is 1. The van der Waals surface area contributed by atoms with Gasteiger partial charge in [0.2, 0.25) is 5.91 Å². The highest BCUT2D eigenvalue weighted by atomic mass is 35.5. The average Bonchev–Trinajstić information content (AvgIpc) is 3.43. The van der Waals surface area contributed by atoms with Crippen molar-refractivity contribution in [3.63, 3.8) is 0 Å². The van der Waals surface area contributed by atoms with Gasteiger partial charge in [0.25, 0.3) is 0 Å². The molecule has 9 heteroatoms. The standard InChI is InChI=1S/C28H34Cl2N4O3/c1-28(2)21(16-25(29)30)26(28)27(35)32-31-17-19-9-10-23(36-3)20(15-19)18-33-11-13-34(14-12-33)22-7-5-6-8-24(22)37-4/h5-10,15-17,21,26H,11-14,18H2,1-4H3,(H,32,35)/t21-,26-/m0/s1. The molecule has 2 aromatic rings. The van der Waals surface area contributed by atoms with Gasteiger partial charge in [-0.3, -0.25) is 9.69 Å². The number of anilines is 1. The fraction of sp³-hybridized carbons (Fsp3) is 0.429. The van der Waals surface area contributed by atoms with Gasteiger partial charge in [0.1, 0.15) is 16.0 Å². The SMILES string of the molecule is COc1ccc(C=NNC(=O)[C@@H]2[C@H](C=C(Cl)Cl)C2(C)C)cc1CN1CCN(c2ccccc2OC)CC1. The molecular formula is C28H34Cl2N4O3. The molecule has 1 heterocycles. The highest BCUT2D eigenvalue weighted by molar-refractivity contribution is 6.55. The summed E-state index contributed by atoms with van der Waals surface area (Å²) in [5.41, 5.74) is 5.57. The number of benzene rings is 2. The van der Waals surface area contributed by atoms with Crippen LogP contribution in [0.25, 0.3) is 0 Å². The molecule has 2 aliphatic rings. The highest BCUT2D eigenvalue weighted by Crippen LogP contribution is 2.59. The Morgan fingerprint density at radius 1 is 1.08 bits per heavy atom. The number of para-hydroxylation sites is 2. The second kappa shape index (κ2) is 11.8. The minimum atomic E-state index is -0.210. The van der Waals surface area contributed by atoms with Crippen molar-refractivity contribution >= 4 is 41.0 Å². The van der Waals surface area contributed by atoms with E-state index >= 15 is 0 Å². The maximum absolute atomic E-state index is 12.6. The first-order chi connectivity index (χ1) is 17.7. The Balaban J connectivity index is 1.35. The quantitative estimate of drug-likeness (QED) is 0.352. The number of hydrazone groups is 1. The Bertz CT molecular complexity index is 1170. The molecule has 1 aliphatic heterocycles. The predicted molar refractivity (Wildman–Crippen MR) is 150 cm³/mol. The Hall–Kier alpha value is -2.74. The number of nitrogens with zero attached hydrogens (tertiary/aromatic N) is 3. The number of rotatable bonds is 9. The second-order valence-corrected chi connectivity index (χ2v) is 11.0. The van der Waals surface area contributed by atoms with E-state index in [1.807, 2.05) is 44.2 Å². The third kappa shape index (κ3) is 6.40. The van der Waals surface area contributed by atoms with Gasteiger partial charge in [-0.05, 0) is 53.3 Å². The summed E-state index contributed by atoms with van der Waals surface area (Å²) in [6.07, 6.45) is 3.39. The van der Waals surface area contributed by atoms with Crippen LogP contribution >= 0.6 is 23.2 Å². The van der Waals surface area contributed by atoms with Crippen LogP contribution in [0.1, 0.15) is 25.0 Å². The molecule has 1 saturated carbocycles. The van der Waals surface area contributed by atoms with Crippen LogP contribution in [0.15, 0.2) is 58.1 Å². The summed E-state index contributed by atoms with van der Waals surface area (Å²) in [6.45, 7) is 8.48. The molecule has 2 aromatic carbocycles. The summed E-state index contributed by atoms with van der Waals surface area (Å²) in [4.78, 5) is 17.4. The summed E-state index contributed by atoms with van der Waals surface area (Å²) < 4.78 is 11.3. The van der Waals surface area contributed by atoms with Crippen molar-refractivity contribution in [3.05, 3.63) is 64.2 Å². The lowest BCUT2D eigenvalue weighted by Gasteiger charge is -2.36. The van der Waals surface area contributed by atoms with Crippen molar-refractivity contribution < 1.29 is 14.3 Å². The van der Waals surface area contributed by atoms with Gasteiger partial charge in [0, 0.05) is 38.3 Å². The van der Waals surface area contributed by atoms with Crippen LogP contribution < -0.4 is 19.8 Å². The molecule has 1 N–H and O–H groups in total. The molecule has 0 unspecified atom stereocenters. The van der Waals surface area contributed by atoms with Crippen LogP contribution in [0.5, 0.6) is 11.5 Å². The molecule has 7 nitrogen and oxygen atoms in total. The zero-order valence-electron chi connectivity index (χ0n) is 21.7. The fourth-order valence-corrected chi connectivity index (χ4v) is 5.42. The Kier molecular flexibility index (Phi) is 8.67. The van der Waals surface area contributed by atoms with Gasteiger partial charge in [-0.2, -0.15) is 5.10 Å². The molecular weight excluding hydrogens is 511 g/mol. The number of piperazine rings is 1. The molecule has 2 atom stereocenters. The van der Waals surface area contributed by atoms with Crippen molar-refractivity contribution in [3.8, 4) is 11.5 Å². The third-order valence-corrected chi connectivity index (χ3v) is 7.64. The first-order valence-electron chi connectivity index (χ1n) is 12.4. The molecule has 198 valence electrons. The molecule has 2 fully saturated rings. The highest BCUT2D eigenvalue weighted by Gasteiger charge is 2.60. The Labute approximate surface area is 229 Å². The molecule has 4 rings (SSSR count). The van der Waals surface area contributed by atoms with Crippen molar-refractivity contribution in [1.82, 2.24) is 10.3 Å². The number of carbonyl (C=O) groups is 1. The summed E-state index contributed by atoms with van der Waals surface area (Å²) in [5.74, 6) is 1.39. The van der Waals surface area contributed by atoms with Crippen LogP contribution in [-0.2, 0) is 11.3 Å². The van der Waals surface area contributed by atoms with E-state index in [9.17, 15) is 4.79 Å². The number of ether oxygens (including phenoxy) is 2. The lowest BCUT2D eigenvalue weighted by molar-refractivity contribution is -0.123. The number of methoxy groups -OCH3 is 2. The number of hydrogen-bond acceptors (Lipinski definition) is 6. The van der Waals surface area contributed by atoms with Crippen LogP contribution in [0.4, 0.5) is 5.69 Å². The molecule has 0 bridgehead atoms. The second-order valence-electron chi connectivity index (χ2n) is 10.0. The van der Waals surface area contributed by atoms with Crippen LogP contribution in [0.2, 0.25) is 0 Å².